The van der Waals surface area contributed by atoms with Gasteiger partial charge in [0.25, 0.3) is 11.5 Å². The third-order valence-electron chi connectivity index (χ3n) is 4.02. The Morgan fingerprint density at radius 2 is 1.74 bits per heavy atom. The monoisotopic (exact) mass is 358 g/mol. The molecule has 0 spiro atoms. The number of hydrogen-bond acceptors (Lipinski definition) is 6. The normalized spacial score (nSPS) is 10.7. The molecule has 0 fully saturated rings. The van der Waals surface area contributed by atoms with E-state index < -0.39 is 11.5 Å². The Labute approximate surface area is 153 Å². The van der Waals surface area contributed by atoms with Crippen LogP contribution in [0.3, 0.4) is 0 Å². The number of para-hydroxylation sites is 2. The molecule has 0 aliphatic carbocycles. The Balaban J connectivity index is 1.94. The second kappa shape index (κ2) is 6.77. The standard InChI is InChI=1S/C19H14N6O2/c20-25-19(27)16-12(10-21-17(24-16)11-6-2-1-3-7-11)15-18(26)23-14-9-5-4-8-13(14)22-15/h1-10H,20H2,(H,23,26)(H,25,27). The molecule has 0 unspecified atom stereocenters. The number of aromatic amines is 1. The second-order valence-electron chi connectivity index (χ2n) is 5.73. The number of nitrogen functional groups attached to an aromatic ring is 1. The van der Waals surface area contributed by atoms with Crippen LogP contribution in [0.25, 0.3) is 33.7 Å². The van der Waals surface area contributed by atoms with Gasteiger partial charge in [-0.3, -0.25) is 15.0 Å². The summed E-state index contributed by atoms with van der Waals surface area (Å²) in [6, 6.07) is 16.3. The summed E-state index contributed by atoms with van der Waals surface area (Å²) in [4.78, 5) is 40.6. The number of hydrazine groups is 1. The van der Waals surface area contributed by atoms with Crippen molar-refractivity contribution in [3.8, 4) is 22.6 Å². The first-order valence-corrected chi connectivity index (χ1v) is 8.10. The van der Waals surface area contributed by atoms with Crippen LogP contribution in [0.4, 0.5) is 0 Å². The number of carbonyl (C=O) groups excluding carboxylic acids is 1. The number of H-pyrrole nitrogens is 1. The van der Waals surface area contributed by atoms with E-state index in [2.05, 4.69) is 25.4 Å². The van der Waals surface area contributed by atoms with Gasteiger partial charge in [-0.05, 0) is 12.1 Å². The number of nitrogens with one attached hydrogen (secondary N) is 2. The van der Waals surface area contributed by atoms with Gasteiger partial charge >= 0.3 is 0 Å². The van der Waals surface area contributed by atoms with Crippen LogP contribution >= 0.6 is 0 Å². The summed E-state index contributed by atoms with van der Waals surface area (Å²) >= 11 is 0. The van der Waals surface area contributed by atoms with Crippen LogP contribution in [0.1, 0.15) is 10.5 Å². The van der Waals surface area contributed by atoms with Gasteiger partial charge in [0.1, 0.15) is 11.4 Å². The predicted octanol–water partition coefficient (Wildman–Crippen LogP) is 1.65. The number of rotatable bonds is 3. The zero-order chi connectivity index (χ0) is 18.8. The Morgan fingerprint density at radius 3 is 2.52 bits per heavy atom. The molecule has 0 aliphatic rings. The SMILES string of the molecule is NNC(=O)c1nc(-c2ccccc2)ncc1-c1nc2ccccc2[nH]c1=O. The van der Waals surface area contributed by atoms with Crippen LogP contribution in [-0.4, -0.2) is 25.8 Å². The van der Waals surface area contributed by atoms with Crippen molar-refractivity contribution < 1.29 is 4.79 Å². The molecule has 2 aromatic carbocycles. The highest BCUT2D eigenvalue weighted by Crippen LogP contribution is 2.22. The van der Waals surface area contributed by atoms with E-state index in [0.29, 0.717) is 16.9 Å². The van der Waals surface area contributed by atoms with Crippen LogP contribution in [0.2, 0.25) is 0 Å². The first kappa shape index (κ1) is 16.6. The fourth-order valence-electron chi connectivity index (χ4n) is 2.73. The van der Waals surface area contributed by atoms with Gasteiger partial charge in [0.2, 0.25) is 0 Å². The fourth-order valence-corrected chi connectivity index (χ4v) is 2.73. The fraction of sp³-hybridized carbons (Fsp3) is 0. The van der Waals surface area contributed by atoms with E-state index in [9.17, 15) is 9.59 Å². The molecule has 8 heteroatoms. The Kier molecular flexibility index (Phi) is 4.15. The average Bonchev–Trinajstić information content (AvgIpc) is 2.73. The maximum Gasteiger partial charge on any atom is 0.284 e. The van der Waals surface area contributed by atoms with E-state index in [-0.39, 0.29) is 17.0 Å². The Morgan fingerprint density at radius 1 is 1.00 bits per heavy atom. The van der Waals surface area contributed by atoms with Crippen molar-refractivity contribution in [3.63, 3.8) is 0 Å². The van der Waals surface area contributed by atoms with E-state index in [4.69, 9.17) is 5.84 Å². The molecule has 1 amide bonds. The Bertz CT molecular complexity index is 1200. The number of fused-ring (bicyclic) bond motifs is 1. The third kappa shape index (κ3) is 3.05. The van der Waals surface area contributed by atoms with E-state index in [1.807, 2.05) is 30.3 Å². The van der Waals surface area contributed by atoms with Crippen LogP contribution in [0.5, 0.6) is 0 Å². The third-order valence-corrected chi connectivity index (χ3v) is 4.02. The van der Waals surface area contributed by atoms with Gasteiger partial charge in [-0.2, -0.15) is 0 Å². The summed E-state index contributed by atoms with van der Waals surface area (Å²) < 4.78 is 0. The van der Waals surface area contributed by atoms with Crippen molar-refractivity contribution in [1.29, 1.82) is 0 Å². The van der Waals surface area contributed by atoms with Gasteiger partial charge in [0.05, 0.1) is 16.6 Å². The summed E-state index contributed by atoms with van der Waals surface area (Å²) in [5.41, 5.74) is 3.74. The molecular weight excluding hydrogens is 344 g/mol. The predicted molar refractivity (Wildman–Crippen MR) is 100 cm³/mol. The minimum Gasteiger partial charge on any atom is -0.319 e. The van der Waals surface area contributed by atoms with Crippen LogP contribution in [-0.2, 0) is 0 Å². The lowest BCUT2D eigenvalue weighted by Crippen LogP contribution is -2.32. The van der Waals surface area contributed by atoms with Crippen LogP contribution in [0, 0.1) is 0 Å². The number of amides is 1. The maximum absolute atomic E-state index is 12.5. The molecule has 132 valence electrons. The minimum absolute atomic E-state index is 0.0281. The van der Waals surface area contributed by atoms with Gasteiger partial charge in [0.15, 0.2) is 5.82 Å². The highest BCUT2D eigenvalue weighted by molar-refractivity contribution is 5.98. The van der Waals surface area contributed by atoms with Crippen LogP contribution < -0.4 is 16.8 Å². The van der Waals surface area contributed by atoms with Gasteiger partial charge in [-0.15, -0.1) is 0 Å². The van der Waals surface area contributed by atoms with E-state index in [1.54, 1.807) is 24.3 Å². The Hall–Kier alpha value is -3.91. The molecule has 0 bridgehead atoms. The van der Waals surface area contributed by atoms with Gasteiger partial charge in [-0.25, -0.2) is 20.8 Å². The average molecular weight is 358 g/mol. The largest absolute Gasteiger partial charge is 0.319 e. The topological polar surface area (TPSA) is 127 Å². The molecule has 2 heterocycles. The van der Waals surface area contributed by atoms with Crippen molar-refractivity contribution in [2.75, 3.05) is 0 Å². The lowest BCUT2D eigenvalue weighted by molar-refractivity contribution is 0.0949. The summed E-state index contributed by atoms with van der Waals surface area (Å²) in [6.07, 6.45) is 1.41. The number of carbonyl (C=O) groups is 1. The van der Waals surface area contributed by atoms with Gasteiger partial charge in [-0.1, -0.05) is 42.5 Å². The van der Waals surface area contributed by atoms with Gasteiger partial charge in [0, 0.05) is 11.8 Å². The maximum atomic E-state index is 12.5. The minimum atomic E-state index is -0.640. The van der Waals surface area contributed by atoms with E-state index in [1.165, 1.54) is 6.20 Å². The molecule has 0 saturated carbocycles. The lowest BCUT2D eigenvalue weighted by Gasteiger charge is -2.09. The first-order chi connectivity index (χ1) is 13.2. The number of benzene rings is 2. The van der Waals surface area contributed by atoms with E-state index >= 15 is 0 Å². The molecule has 4 rings (SSSR count). The molecule has 0 aliphatic heterocycles. The molecular formula is C19H14N6O2. The zero-order valence-corrected chi connectivity index (χ0v) is 14.0. The molecule has 8 nitrogen and oxygen atoms in total. The lowest BCUT2D eigenvalue weighted by atomic mass is 10.1. The summed E-state index contributed by atoms with van der Waals surface area (Å²) in [7, 11) is 0. The molecule has 4 N–H and O–H groups in total. The summed E-state index contributed by atoms with van der Waals surface area (Å²) in [6.45, 7) is 0. The number of nitrogens with two attached hydrogens (primary N) is 1. The highest BCUT2D eigenvalue weighted by atomic mass is 16.2. The smallest absolute Gasteiger partial charge is 0.284 e. The molecule has 4 aromatic rings. The summed E-state index contributed by atoms with van der Waals surface area (Å²) in [5.74, 6) is 5.00. The van der Waals surface area contributed by atoms with Crippen molar-refractivity contribution in [2.24, 2.45) is 5.84 Å². The molecule has 0 radical (unpaired) electrons. The molecule has 27 heavy (non-hydrogen) atoms. The quantitative estimate of drug-likeness (QED) is 0.290. The van der Waals surface area contributed by atoms with Crippen molar-refractivity contribution >= 4 is 16.9 Å². The molecule has 0 saturated heterocycles. The van der Waals surface area contributed by atoms with Crippen LogP contribution in [0.15, 0.2) is 65.6 Å². The number of nitrogens with zero attached hydrogens (tertiary/aromatic N) is 3. The van der Waals surface area contributed by atoms with Crippen molar-refractivity contribution in [1.82, 2.24) is 25.4 Å². The first-order valence-electron chi connectivity index (χ1n) is 8.10. The zero-order valence-electron chi connectivity index (χ0n) is 14.0. The van der Waals surface area contributed by atoms with Crippen molar-refractivity contribution in [2.45, 2.75) is 0 Å². The number of hydrogen-bond donors (Lipinski definition) is 3. The highest BCUT2D eigenvalue weighted by Gasteiger charge is 2.20. The second-order valence-corrected chi connectivity index (χ2v) is 5.73. The molecule has 0 atom stereocenters. The summed E-state index contributed by atoms with van der Waals surface area (Å²) in [5, 5.41) is 0. The number of aromatic nitrogens is 4. The van der Waals surface area contributed by atoms with Gasteiger partial charge < -0.3 is 4.98 Å². The van der Waals surface area contributed by atoms with Crippen molar-refractivity contribution in [3.05, 3.63) is 76.8 Å². The molecule has 2 aromatic heterocycles. The van der Waals surface area contributed by atoms with E-state index in [0.717, 1.165) is 5.56 Å².